The van der Waals surface area contributed by atoms with E-state index in [-0.39, 0.29) is 5.78 Å². The van der Waals surface area contributed by atoms with Crippen molar-refractivity contribution in [3.8, 4) is 0 Å². The van der Waals surface area contributed by atoms with Gasteiger partial charge in [0.15, 0.2) is 0 Å². The van der Waals surface area contributed by atoms with Crippen LogP contribution in [0.1, 0.15) is 37.2 Å². The van der Waals surface area contributed by atoms with Gasteiger partial charge in [0.1, 0.15) is 22.7 Å². The van der Waals surface area contributed by atoms with Gasteiger partial charge in [-0.3, -0.25) is 9.59 Å². The van der Waals surface area contributed by atoms with Crippen molar-refractivity contribution in [1.29, 1.82) is 0 Å². The van der Waals surface area contributed by atoms with Gasteiger partial charge in [0, 0.05) is 12.8 Å². The molecule has 1 fully saturated rings. The number of aliphatic carboxylic acids is 1. The Kier molecular flexibility index (Phi) is 2.58. The summed E-state index contributed by atoms with van der Waals surface area (Å²) in [5, 5.41) is 9.37. The molecule has 2 rings (SSSR count). The quantitative estimate of drug-likeness (QED) is 0.831. The van der Waals surface area contributed by atoms with Crippen LogP contribution in [0.4, 0.5) is 0 Å². The summed E-state index contributed by atoms with van der Waals surface area (Å²) in [4.78, 5) is 22.6. The maximum Gasteiger partial charge on any atom is 0.317 e. The molecule has 0 amide bonds. The van der Waals surface area contributed by atoms with Gasteiger partial charge < -0.3 is 9.52 Å². The summed E-state index contributed by atoms with van der Waals surface area (Å²) in [6.07, 6.45) is 1.33. The lowest BCUT2D eigenvalue weighted by atomic mass is 9.72. The summed E-state index contributed by atoms with van der Waals surface area (Å²) in [5.41, 5.74) is -0.998. The van der Waals surface area contributed by atoms with E-state index in [0.717, 1.165) is 0 Å². The molecule has 0 spiro atoms. The van der Waals surface area contributed by atoms with Crippen LogP contribution >= 0.6 is 0 Å². The van der Waals surface area contributed by atoms with E-state index in [0.29, 0.717) is 37.2 Å². The molecular weight excluding hydrogens is 208 g/mol. The Morgan fingerprint density at radius 2 is 2.00 bits per heavy atom. The molecule has 1 aromatic rings. The van der Waals surface area contributed by atoms with Gasteiger partial charge >= 0.3 is 5.97 Å². The predicted molar refractivity (Wildman–Crippen MR) is 56.2 cm³/mol. The highest BCUT2D eigenvalue weighted by molar-refractivity contribution is 5.86. The molecule has 0 aliphatic heterocycles. The van der Waals surface area contributed by atoms with Crippen LogP contribution in [-0.4, -0.2) is 16.9 Å². The molecule has 0 unspecified atom stereocenters. The van der Waals surface area contributed by atoms with Crippen molar-refractivity contribution >= 4 is 11.8 Å². The van der Waals surface area contributed by atoms with Crippen molar-refractivity contribution in [2.45, 2.75) is 38.0 Å². The van der Waals surface area contributed by atoms with Crippen LogP contribution in [0.25, 0.3) is 0 Å². The summed E-state index contributed by atoms with van der Waals surface area (Å²) in [5.74, 6) is 0.423. The molecule has 4 nitrogen and oxygen atoms in total. The number of hydrogen-bond acceptors (Lipinski definition) is 3. The number of rotatable bonds is 2. The van der Waals surface area contributed by atoms with Crippen LogP contribution < -0.4 is 0 Å². The molecule has 0 radical (unpaired) electrons. The van der Waals surface area contributed by atoms with Crippen molar-refractivity contribution < 1.29 is 19.1 Å². The third kappa shape index (κ3) is 1.64. The summed E-state index contributed by atoms with van der Waals surface area (Å²) in [7, 11) is 0. The highest BCUT2D eigenvalue weighted by Gasteiger charge is 2.45. The van der Waals surface area contributed by atoms with Crippen LogP contribution in [0.3, 0.4) is 0 Å². The fourth-order valence-electron chi connectivity index (χ4n) is 2.21. The third-order valence-corrected chi connectivity index (χ3v) is 3.28. The first-order chi connectivity index (χ1) is 7.54. The van der Waals surface area contributed by atoms with Crippen molar-refractivity contribution in [3.63, 3.8) is 0 Å². The summed E-state index contributed by atoms with van der Waals surface area (Å²) < 4.78 is 5.43. The second kappa shape index (κ2) is 3.77. The highest BCUT2D eigenvalue weighted by Crippen LogP contribution is 2.39. The number of furan rings is 1. The number of hydrogen-bond donors (Lipinski definition) is 1. The minimum absolute atomic E-state index is 0.139. The van der Waals surface area contributed by atoms with Gasteiger partial charge in [0.05, 0.1) is 0 Å². The number of carboxylic acids is 1. The van der Waals surface area contributed by atoms with Crippen LogP contribution in [0, 0.1) is 6.92 Å². The van der Waals surface area contributed by atoms with E-state index in [4.69, 9.17) is 4.42 Å². The van der Waals surface area contributed by atoms with E-state index in [1.54, 1.807) is 19.1 Å². The van der Waals surface area contributed by atoms with Gasteiger partial charge in [0.25, 0.3) is 0 Å². The minimum atomic E-state index is -0.998. The van der Waals surface area contributed by atoms with Crippen molar-refractivity contribution in [3.05, 3.63) is 23.7 Å². The monoisotopic (exact) mass is 222 g/mol. The molecule has 0 aromatic carbocycles. The van der Waals surface area contributed by atoms with Gasteiger partial charge in [-0.1, -0.05) is 0 Å². The lowest BCUT2D eigenvalue weighted by molar-refractivity contribution is -0.146. The number of aryl methyl sites for hydroxylation is 1. The fraction of sp³-hybridized carbons (Fsp3) is 0.500. The second-order valence-corrected chi connectivity index (χ2v) is 4.34. The Morgan fingerprint density at radius 1 is 1.38 bits per heavy atom. The topological polar surface area (TPSA) is 67.5 Å². The zero-order chi connectivity index (χ0) is 11.8. The molecule has 1 heterocycles. The standard InChI is InChI=1S/C12H14O4/c1-8-2-3-10(16-8)12(11(14)15)6-4-9(13)5-7-12/h2-3H,4-7H2,1H3,(H,14,15). The summed E-state index contributed by atoms with van der Waals surface area (Å²) in [6, 6.07) is 3.47. The average Bonchev–Trinajstić information content (AvgIpc) is 2.66. The Labute approximate surface area is 93.3 Å². The molecule has 0 bridgehead atoms. The van der Waals surface area contributed by atoms with E-state index < -0.39 is 11.4 Å². The lowest BCUT2D eigenvalue weighted by Gasteiger charge is -2.30. The molecule has 16 heavy (non-hydrogen) atoms. The van der Waals surface area contributed by atoms with Crippen molar-refractivity contribution in [2.75, 3.05) is 0 Å². The zero-order valence-electron chi connectivity index (χ0n) is 9.16. The minimum Gasteiger partial charge on any atom is -0.480 e. The van der Waals surface area contributed by atoms with Gasteiger partial charge in [-0.15, -0.1) is 0 Å². The smallest absolute Gasteiger partial charge is 0.317 e. The zero-order valence-corrected chi connectivity index (χ0v) is 9.16. The first kappa shape index (κ1) is 10.9. The van der Waals surface area contributed by atoms with Gasteiger partial charge in [-0.05, 0) is 31.9 Å². The first-order valence-electron chi connectivity index (χ1n) is 5.37. The number of carbonyl (C=O) groups excluding carboxylic acids is 1. The second-order valence-electron chi connectivity index (χ2n) is 4.34. The maximum atomic E-state index is 11.4. The number of carbonyl (C=O) groups is 2. The van der Waals surface area contributed by atoms with E-state index >= 15 is 0 Å². The maximum absolute atomic E-state index is 11.4. The Bertz CT molecular complexity index is 420. The van der Waals surface area contributed by atoms with Crippen LogP contribution in [0.2, 0.25) is 0 Å². The molecular formula is C12H14O4. The SMILES string of the molecule is Cc1ccc(C2(C(=O)O)CCC(=O)CC2)o1. The molecule has 86 valence electrons. The normalized spacial score (nSPS) is 19.7. The number of ketones is 1. The van der Waals surface area contributed by atoms with Crippen molar-refractivity contribution in [2.24, 2.45) is 0 Å². The number of Topliss-reactive ketones (excluding diaryl/α,β-unsaturated/α-hetero) is 1. The molecule has 1 aliphatic rings. The molecule has 1 N–H and O–H groups in total. The van der Waals surface area contributed by atoms with Crippen molar-refractivity contribution in [1.82, 2.24) is 0 Å². The molecule has 1 saturated carbocycles. The van der Waals surface area contributed by atoms with E-state index in [2.05, 4.69) is 0 Å². The predicted octanol–water partition coefficient (Wildman–Crippen LogP) is 2.05. The molecule has 0 saturated heterocycles. The van der Waals surface area contributed by atoms with Gasteiger partial charge in [-0.25, -0.2) is 0 Å². The van der Waals surface area contributed by atoms with E-state index in [1.165, 1.54) is 0 Å². The average molecular weight is 222 g/mol. The lowest BCUT2D eigenvalue weighted by Crippen LogP contribution is -2.39. The fourth-order valence-corrected chi connectivity index (χ4v) is 2.21. The van der Waals surface area contributed by atoms with Gasteiger partial charge in [0.2, 0.25) is 0 Å². The first-order valence-corrected chi connectivity index (χ1v) is 5.37. The molecule has 0 atom stereocenters. The summed E-state index contributed by atoms with van der Waals surface area (Å²) >= 11 is 0. The van der Waals surface area contributed by atoms with Crippen LogP contribution in [0.15, 0.2) is 16.5 Å². The molecule has 4 heteroatoms. The van der Waals surface area contributed by atoms with Crippen LogP contribution in [0.5, 0.6) is 0 Å². The van der Waals surface area contributed by atoms with Crippen LogP contribution in [-0.2, 0) is 15.0 Å². The Balaban J connectivity index is 2.36. The highest BCUT2D eigenvalue weighted by atomic mass is 16.4. The Morgan fingerprint density at radius 3 is 2.44 bits per heavy atom. The van der Waals surface area contributed by atoms with Gasteiger partial charge in [-0.2, -0.15) is 0 Å². The Hall–Kier alpha value is -1.58. The summed E-state index contributed by atoms with van der Waals surface area (Å²) in [6.45, 7) is 1.78. The largest absolute Gasteiger partial charge is 0.480 e. The number of carboxylic acid groups (broad SMARTS) is 1. The third-order valence-electron chi connectivity index (χ3n) is 3.28. The van der Waals surface area contributed by atoms with E-state index in [1.807, 2.05) is 0 Å². The van der Waals surface area contributed by atoms with E-state index in [9.17, 15) is 14.7 Å². The molecule has 1 aliphatic carbocycles. The molecule has 1 aromatic heterocycles.